The lowest BCUT2D eigenvalue weighted by molar-refractivity contribution is 0.0929. The maximum absolute atomic E-state index is 13.1. The van der Waals surface area contributed by atoms with Crippen molar-refractivity contribution in [2.24, 2.45) is 5.41 Å². The molecule has 2 aromatic carbocycles. The molecule has 8 heteroatoms. The maximum atomic E-state index is 13.1. The molecule has 0 bridgehead atoms. The van der Waals surface area contributed by atoms with E-state index < -0.39 is 15.8 Å². The second-order valence-corrected chi connectivity index (χ2v) is 9.83. The van der Waals surface area contributed by atoms with Gasteiger partial charge in [0.05, 0.1) is 4.90 Å². The van der Waals surface area contributed by atoms with Crippen LogP contribution in [0.15, 0.2) is 47.4 Å². The number of carbonyl (C=O) groups is 1. The molecule has 0 saturated carbocycles. The molecule has 2 aromatic rings. The minimum atomic E-state index is -3.93. The number of aryl methyl sites for hydroxylation is 1. The zero-order valence-electron chi connectivity index (χ0n) is 17.4. The first-order chi connectivity index (χ1) is 13.4. The number of nitrogens with zero attached hydrogens (tertiary/aromatic N) is 1. The highest BCUT2D eigenvalue weighted by Crippen LogP contribution is 2.21. The van der Waals surface area contributed by atoms with Crippen LogP contribution in [0.5, 0.6) is 0 Å². The summed E-state index contributed by atoms with van der Waals surface area (Å²) in [7, 11) is 0.00289. The lowest BCUT2D eigenvalue weighted by Crippen LogP contribution is -2.40. The summed E-state index contributed by atoms with van der Waals surface area (Å²) in [5.41, 5.74) is 0.869. The number of hydrogen-bond acceptors (Lipinski definition) is 4. The van der Waals surface area contributed by atoms with Gasteiger partial charge in [-0.05, 0) is 68.4 Å². The van der Waals surface area contributed by atoms with Gasteiger partial charge in [-0.25, -0.2) is 12.8 Å². The van der Waals surface area contributed by atoms with Gasteiger partial charge in [0.25, 0.3) is 15.9 Å². The Kier molecular flexibility index (Phi) is 7.02. The molecule has 0 aliphatic rings. The predicted octanol–water partition coefficient (Wildman–Crippen LogP) is 3.25. The number of hydrogen-bond donors (Lipinski definition) is 2. The first-order valence-corrected chi connectivity index (χ1v) is 10.7. The van der Waals surface area contributed by atoms with Crippen molar-refractivity contribution < 1.29 is 17.6 Å². The largest absolute Gasteiger partial charge is 0.351 e. The zero-order valence-corrected chi connectivity index (χ0v) is 18.2. The Morgan fingerprint density at radius 1 is 1.10 bits per heavy atom. The summed E-state index contributed by atoms with van der Waals surface area (Å²) in [5, 5.41) is 2.88. The number of halogens is 1. The van der Waals surface area contributed by atoms with Crippen molar-refractivity contribution in [3.05, 3.63) is 59.4 Å². The molecule has 0 fully saturated rings. The highest BCUT2D eigenvalue weighted by atomic mass is 32.2. The summed E-state index contributed by atoms with van der Waals surface area (Å²) in [4.78, 5) is 14.6. The molecule has 0 atom stereocenters. The van der Waals surface area contributed by atoms with Gasteiger partial charge in [-0.1, -0.05) is 19.9 Å². The van der Waals surface area contributed by atoms with E-state index in [1.165, 1.54) is 30.3 Å². The van der Waals surface area contributed by atoms with Gasteiger partial charge in [-0.3, -0.25) is 9.52 Å². The Morgan fingerprint density at radius 2 is 1.72 bits per heavy atom. The van der Waals surface area contributed by atoms with E-state index in [9.17, 15) is 17.6 Å². The Balaban J connectivity index is 2.20. The van der Waals surface area contributed by atoms with Crippen LogP contribution in [0.4, 0.5) is 10.1 Å². The van der Waals surface area contributed by atoms with Crippen LogP contribution in [-0.4, -0.2) is 46.4 Å². The third kappa shape index (κ3) is 6.54. The normalized spacial score (nSPS) is 12.1. The first kappa shape index (κ1) is 22.8. The molecule has 158 valence electrons. The van der Waals surface area contributed by atoms with Gasteiger partial charge < -0.3 is 10.2 Å². The number of carbonyl (C=O) groups excluding carboxylic acids is 1. The van der Waals surface area contributed by atoms with Crippen molar-refractivity contribution in [1.29, 1.82) is 0 Å². The highest BCUT2D eigenvalue weighted by Gasteiger charge is 2.22. The van der Waals surface area contributed by atoms with E-state index >= 15 is 0 Å². The topological polar surface area (TPSA) is 78.5 Å². The highest BCUT2D eigenvalue weighted by molar-refractivity contribution is 7.92. The molecular weight excluding hydrogens is 393 g/mol. The van der Waals surface area contributed by atoms with Crippen LogP contribution < -0.4 is 10.0 Å². The van der Waals surface area contributed by atoms with E-state index in [1.54, 1.807) is 19.1 Å². The number of nitrogens with one attached hydrogen (secondary N) is 2. The van der Waals surface area contributed by atoms with Crippen molar-refractivity contribution in [2.45, 2.75) is 25.7 Å². The average molecular weight is 422 g/mol. The fourth-order valence-corrected chi connectivity index (χ4v) is 4.42. The van der Waals surface area contributed by atoms with Crippen LogP contribution in [0, 0.1) is 18.2 Å². The monoisotopic (exact) mass is 421 g/mol. The third-order valence-corrected chi connectivity index (χ3v) is 5.83. The minimum Gasteiger partial charge on any atom is -0.351 e. The van der Waals surface area contributed by atoms with Gasteiger partial charge in [0.1, 0.15) is 5.82 Å². The molecular formula is C21H28FN3O3S. The quantitative estimate of drug-likeness (QED) is 0.686. The Bertz CT molecular complexity index is 971. The minimum absolute atomic E-state index is 0.00188. The maximum Gasteiger partial charge on any atom is 0.262 e. The average Bonchev–Trinajstić information content (AvgIpc) is 2.60. The van der Waals surface area contributed by atoms with Crippen LogP contribution in [0.25, 0.3) is 0 Å². The molecule has 0 spiro atoms. The van der Waals surface area contributed by atoms with Crippen LogP contribution in [0.3, 0.4) is 0 Å². The summed E-state index contributed by atoms with van der Waals surface area (Å²) >= 11 is 0. The molecule has 0 saturated heterocycles. The van der Waals surface area contributed by atoms with Gasteiger partial charge in [-0.2, -0.15) is 0 Å². The zero-order chi connectivity index (χ0) is 21.8. The van der Waals surface area contributed by atoms with Gasteiger partial charge >= 0.3 is 0 Å². The molecule has 2 rings (SSSR count). The second kappa shape index (κ2) is 8.92. The van der Waals surface area contributed by atoms with Crippen molar-refractivity contribution in [1.82, 2.24) is 10.2 Å². The van der Waals surface area contributed by atoms with Gasteiger partial charge in [0, 0.05) is 24.3 Å². The molecule has 6 nitrogen and oxygen atoms in total. The molecule has 0 aliphatic heterocycles. The van der Waals surface area contributed by atoms with Crippen molar-refractivity contribution in [3.8, 4) is 0 Å². The Hall–Kier alpha value is -2.45. The lowest BCUT2D eigenvalue weighted by atomic mass is 9.93. The fourth-order valence-electron chi connectivity index (χ4n) is 3.09. The van der Waals surface area contributed by atoms with Crippen molar-refractivity contribution >= 4 is 21.6 Å². The van der Waals surface area contributed by atoms with Crippen molar-refractivity contribution in [2.75, 3.05) is 31.9 Å². The van der Waals surface area contributed by atoms with E-state index in [2.05, 4.69) is 10.0 Å². The Labute approximate surface area is 172 Å². The summed E-state index contributed by atoms with van der Waals surface area (Å²) in [6.07, 6.45) is 0. The smallest absolute Gasteiger partial charge is 0.262 e. The molecule has 1 amide bonds. The van der Waals surface area contributed by atoms with E-state index in [-0.39, 0.29) is 27.5 Å². The standard InChI is InChI=1S/C21H28FN3O3S/c1-15-6-7-16(20(26)23-13-21(2,3)14-25(4)5)12-19(15)29(27,28)24-18-10-8-17(22)9-11-18/h6-12,24H,13-14H2,1-5H3,(H,23,26). The summed E-state index contributed by atoms with van der Waals surface area (Å²) in [6, 6.07) is 9.57. The van der Waals surface area contributed by atoms with E-state index in [1.807, 2.05) is 32.8 Å². The predicted molar refractivity (Wildman–Crippen MR) is 113 cm³/mol. The van der Waals surface area contributed by atoms with Crippen LogP contribution in [0.2, 0.25) is 0 Å². The summed E-state index contributed by atoms with van der Waals surface area (Å²) < 4.78 is 41.0. The molecule has 0 aliphatic carbocycles. The molecule has 0 radical (unpaired) electrons. The number of sulfonamides is 1. The van der Waals surface area contributed by atoms with Gasteiger partial charge in [-0.15, -0.1) is 0 Å². The van der Waals surface area contributed by atoms with Gasteiger partial charge in [0.15, 0.2) is 0 Å². The second-order valence-electron chi connectivity index (χ2n) is 8.18. The SMILES string of the molecule is Cc1ccc(C(=O)NCC(C)(C)CN(C)C)cc1S(=O)(=O)Nc1ccc(F)cc1. The fraction of sp³-hybridized carbons (Fsp3) is 0.381. The third-order valence-electron chi connectivity index (χ3n) is 4.31. The summed E-state index contributed by atoms with van der Waals surface area (Å²) in [5.74, 6) is -0.796. The summed E-state index contributed by atoms with van der Waals surface area (Å²) in [6.45, 7) is 6.99. The van der Waals surface area contributed by atoms with E-state index in [4.69, 9.17) is 0 Å². The molecule has 29 heavy (non-hydrogen) atoms. The number of anilines is 1. The van der Waals surface area contributed by atoms with E-state index in [0.29, 0.717) is 12.1 Å². The van der Waals surface area contributed by atoms with E-state index in [0.717, 1.165) is 6.54 Å². The van der Waals surface area contributed by atoms with Gasteiger partial charge in [0.2, 0.25) is 0 Å². The van der Waals surface area contributed by atoms with Crippen LogP contribution in [-0.2, 0) is 10.0 Å². The van der Waals surface area contributed by atoms with Crippen LogP contribution >= 0.6 is 0 Å². The molecule has 2 N–H and O–H groups in total. The number of amides is 1. The molecule has 0 heterocycles. The molecule has 0 unspecified atom stereocenters. The molecule has 0 aromatic heterocycles. The first-order valence-electron chi connectivity index (χ1n) is 9.22. The van der Waals surface area contributed by atoms with Crippen molar-refractivity contribution in [3.63, 3.8) is 0 Å². The van der Waals surface area contributed by atoms with Crippen LogP contribution in [0.1, 0.15) is 29.8 Å². The number of rotatable bonds is 8. The number of benzene rings is 2. The Morgan fingerprint density at radius 3 is 2.31 bits per heavy atom. The lowest BCUT2D eigenvalue weighted by Gasteiger charge is -2.28.